The summed E-state index contributed by atoms with van der Waals surface area (Å²) in [6.07, 6.45) is 0.800. The predicted molar refractivity (Wildman–Crippen MR) is 79.9 cm³/mol. The largest absolute Gasteiger partial charge is 0.467 e. The molecule has 0 N–H and O–H groups in total. The van der Waals surface area contributed by atoms with Gasteiger partial charge in [-0.3, -0.25) is 0 Å². The molecule has 3 rings (SSSR count). The van der Waals surface area contributed by atoms with Gasteiger partial charge in [0, 0.05) is 12.5 Å². The van der Waals surface area contributed by atoms with E-state index >= 15 is 0 Å². The van der Waals surface area contributed by atoms with E-state index in [0.29, 0.717) is 6.61 Å². The third-order valence-corrected chi connectivity index (χ3v) is 4.12. The smallest absolute Gasteiger partial charge is 0.343 e. The lowest BCUT2D eigenvalue weighted by Crippen LogP contribution is -2.41. The number of rotatable bonds is 3. The van der Waals surface area contributed by atoms with Crippen molar-refractivity contribution in [1.82, 2.24) is 0 Å². The molecule has 1 fully saturated rings. The van der Waals surface area contributed by atoms with Gasteiger partial charge in [0.25, 0.3) is 0 Å². The molecule has 3 nitrogen and oxygen atoms in total. The van der Waals surface area contributed by atoms with Gasteiger partial charge in [-0.15, -0.1) is 0 Å². The van der Waals surface area contributed by atoms with E-state index in [9.17, 15) is 4.79 Å². The number of esters is 1. The Morgan fingerprint density at radius 3 is 2.33 bits per heavy atom. The molecule has 2 aromatic rings. The molecule has 2 atom stereocenters. The SMILES string of the molecule is COC(=O)[C@@]1(c2ccccc2)OCC[C@@H]1c1ccccc1. The molecule has 108 valence electrons. The van der Waals surface area contributed by atoms with Crippen molar-refractivity contribution in [3.8, 4) is 0 Å². The van der Waals surface area contributed by atoms with E-state index in [-0.39, 0.29) is 11.9 Å². The molecule has 0 radical (unpaired) electrons. The zero-order chi connectivity index (χ0) is 14.7. The molecule has 0 aliphatic carbocycles. The van der Waals surface area contributed by atoms with Crippen molar-refractivity contribution < 1.29 is 14.3 Å². The minimum Gasteiger partial charge on any atom is -0.467 e. The molecule has 0 amide bonds. The van der Waals surface area contributed by atoms with Crippen molar-refractivity contribution in [3.05, 3.63) is 71.8 Å². The zero-order valence-corrected chi connectivity index (χ0v) is 12.0. The summed E-state index contributed by atoms with van der Waals surface area (Å²) in [5.74, 6) is -0.367. The molecular weight excluding hydrogens is 264 g/mol. The van der Waals surface area contributed by atoms with Crippen LogP contribution in [0.15, 0.2) is 60.7 Å². The van der Waals surface area contributed by atoms with Crippen LogP contribution in [0.1, 0.15) is 23.5 Å². The minimum atomic E-state index is -1.04. The maximum atomic E-state index is 12.6. The highest BCUT2D eigenvalue weighted by atomic mass is 16.6. The van der Waals surface area contributed by atoms with Crippen LogP contribution in [0, 0.1) is 0 Å². The Kier molecular flexibility index (Phi) is 3.76. The van der Waals surface area contributed by atoms with Crippen molar-refractivity contribution in [2.75, 3.05) is 13.7 Å². The van der Waals surface area contributed by atoms with E-state index in [1.807, 2.05) is 60.7 Å². The van der Waals surface area contributed by atoms with Crippen LogP contribution in [-0.4, -0.2) is 19.7 Å². The van der Waals surface area contributed by atoms with Crippen LogP contribution in [0.5, 0.6) is 0 Å². The fourth-order valence-corrected chi connectivity index (χ4v) is 3.17. The topological polar surface area (TPSA) is 35.5 Å². The van der Waals surface area contributed by atoms with Gasteiger partial charge >= 0.3 is 5.97 Å². The Morgan fingerprint density at radius 1 is 1.10 bits per heavy atom. The van der Waals surface area contributed by atoms with Gasteiger partial charge in [0.05, 0.1) is 7.11 Å². The molecule has 2 aromatic carbocycles. The van der Waals surface area contributed by atoms with Gasteiger partial charge < -0.3 is 9.47 Å². The lowest BCUT2D eigenvalue weighted by Gasteiger charge is -2.32. The summed E-state index contributed by atoms with van der Waals surface area (Å²) in [7, 11) is 1.41. The summed E-state index contributed by atoms with van der Waals surface area (Å²) in [5.41, 5.74) is 0.907. The van der Waals surface area contributed by atoms with Crippen LogP contribution in [0.2, 0.25) is 0 Å². The average molecular weight is 282 g/mol. The highest BCUT2D eigenvalue weighted by molar-refractivity contribution is 5.83. The molecule has 1 aliphatic heterocycles. The maximum Gasteiger partial charge on any atom is 0.343 e. The number of benzene rings is 2. The van der Waals surface area contributed by atoms with Gasteiger partial charge in [0.2, 0.25) is 0 Å². The van der Waals surface area contributed by atoms with Crippen LogP contribution in [-0.2, 0) is 19.9 Å². The van der Waals surface area contributed by atoms with E-state index in [0.717, 1.165) is 17.5 Å². The van der Waals surface area contributed by atoms with Crippen molar-refractivity contribution in [3.63, 3.8) is 0 Å². The second-order valence-electron chi connectivity index (χ2n) is 5.19. The molecule has 3 heteroatoms. The first-order chi connectivity index (χ1) is 10.3. The van der Waals surface area contributed by atoms with Gasteiger partial charge in [-0.25, -0.2) is 4.79 Å². The number of methoxy groups -OCH3 is 1. The summed E-state index contributed by atoms with van der Waals surface area (Å²) in [6, 6.07) is 19.7. The number of carbonyl (C=O) groups excluding carboxylic acids is 1. The van der Waals surface area contributed by atoms with Gasteiger partial charge in [-0.2, -0.15) is 0 Å². The van der Waals surface area contributed by atoms with Crippen LogP contribution in [0.4, 0.5) is 0 Å². The van der Waals surface area contributed by atoms with E-state index in [4.69, 9.17) is 9.47 Å². The first-order valence-electron chi connectivity index (χ1n) is 7.12. The number of hydrogen-bond acceptors (Lipinski definition) is 3. The Hall–Kier alpha value is -2.13. The van der Waals surface area contributed by atoms with Crippen LogP contribution in [0.25, 0.3) is 0 Å². The lowest BCUT2D eigenvalue weighted by atomic mass is 9.77. The van der Waals surface area contributed by atoms with E-state index in [1.165, 1.54) is 7.11 Å². The quantitative estimate of drug-likeness (QED) is 0.811. The van der Waals surface area contributed by atoms with E-state index < -0.39 is 5.60 Å². The first kappa shape index (κ1) is 13.8. The number of carbonyl (C=O) groups is 1. The Balaban J connectivity index is 2.13. The van der Waals surface area contributed by atoms with E-state index in [2.05, 4.69) is 0 Å². The predicted octanol–water partition coefficient (Wildman–Crippen LogP) is 3.26. The molecule has 0 spiro atoms. The Labute approximate surface area is 124 Å². The maximum absolute atomic E-state index is 12.6. The summed E-state index contributed by atoms with van der Waals surface area (Å²) < 4.78 is 11.1. The summed E-state index contributed by atoms with van der Waals surface area (Å²) >= 11 is 0. The fraction of sp³-hybridized carbons (Fsp3) is 0.278. The number of hydrogen-bond donors (Lipinski definition) is 0. The molecule has 1 saturated heterocycles. The molecule has 0 unspecified atom stereocenters. The molecule has 1 aliphatic rings. The standard InChI is InChI=1S/C18H18O3/c1-20-17(19)18(15-10-6-3-7-11-15)16(12-13-21-18)14-8-4-2-5-9-14/h2-11,16H,12-13H2,1H3/t16-,18+/m1/s1. The Morgan fingerprint density at radius 2 is 1.71 bits per heavy atom. The molecule has 0 saturated carbocycles. The van der Waals surface area contributed by atoms with Gasteiger partial charge in [0.15, 0.2) is 5.60 Å². The Bertz CT molecular complexity index is 609. The third-order valence-electron chi connectivity index (χ3n) is 4.12. The van der Waals surface area contributed by atoms with Crippen molar-refractivity contribution in [1.29, 1.82) is 0 Å². The second kappa shape index (κ2) is 5.70. The molecule has 1 heterocycles. The number of ether oxygens (including phenoxy) is 2. The van der Waals surface area contributed by atoms with Crippen molar-refractivity contribution in [2.24, 2.45) is 0 Å². The van der Waals surface area contributed by atoms with Gasteiger partial charge in [0.1, 0.15) is 0 Å². The highest BCUT2D eigenvalue weighted by Gasteiger charge is 2.53. The lowest BCUT2D eigenvalue weighted by molar-refractivity contribution is -0.166. The van der Waals surface area contributed by atoms with Crippen molar-refractivity contribution in [2.45, 2.75) is 17.9 Å². The second-order valence-corrected chi connectivity index (χ2v) is 5.19. The van der Waals surface area contributed by atoms with Crippen LogP contribution in [0.3, 0.4) is 0 Å². The summed E-state index contributed by atoms with van der Waals surface area (Å²) in [4.78, 5) is 12.6. The van der Waals surface area contributed by atoms with Gasteiger partial charge in [-0.05, 0) is 17.5 Å². The molecule has 0 bridgehead atoms. The van der Waals surface area contributed by atoms with Crippen LogP contribution < -0.4 is 0 Å². The molecular formula is C18H18O3. The average Bonchev–Trinajstić information content (AvgIpc) is 3.01. The molecule has 21 heavy (non-hydrogen) atoms. The third kappa shape index (κ3) is 2.24. The normalized spacial score (nSPS) is 24.7. The van der Waals surface area contributed by atoms with Gasteiger partial charge in [-0.1, -0.05) is 60.7 Å². The first-order valence-corrected chi connectivity index (χ1v) is 7.12. The monoisotopic (exact) mass is 282 g/mol. The van der Waals surface area contributed by atoms with Crippen molar-refractivity contribution >= 4 is 5.97 Å². The van der Waals surface area contributed by atoms with Crippen LogP contribution >= 0.6 is 0 Å². The minimum absolute atomic E-state index is 0.0338. The summed E-state index contributed by atoms with van der Waals surface area (Å²) in [5, 5.41) is 0. The van der Waals surface area contributed by atoms with E-state index in [1.54, 1.807) is 0 Å². The highest BCUT2D eigenvalue weighted by Crippen LogP contribution is 2.47. The zero-order valence-electron chi connectivity index (χ0n) is 12.0. The summed E-state index contributed by atoms with van der Waals surface area (Å²) in [6.45, 7) is 0.545. The molecule has 0 aromatic heterocycles. The fourth-order valence-electron chi connectivity index (χ4n) is 3.17.